The van der Waals surface area contributed by atoms with E-state index in [9.17, 15) is 14.0 Å². The van der Waals surface area contributed by atoms with Crippen LogP contribution in [0.1, 0.15) is 37.7 Å². The Kier molecular flexibility index (Phi) is 6.73. The first-order valence-electron chi connectivity index (χ1n) is 8.46. The zero-order valence-corrected chi connectivity index (χ0v) is 14.3. The topological polar surface area (TPSA) is 61.4 Å². The minimum Gasteiger partial charge on any atom is -0.358 e. The van der Waals surface area contributed by atoms with Crippen molar-refractivity contribution in [3.05, 3.63) is 35.6 Å². The van der Waals surface area contributed by atoms with Crippen molar-refractivity contribution in [2.75, 3.05) is 26.7 Å². The van der Waals surface area contributed by atoms with E-state index in [4.69, 9.17) is 0 Å². The number of nitrogens with one attached hydrogen (secondary N) is 2. The molecule has 1 atom stereocenters. The van der Waals surface area contributed by atoms with Crippen molar-refractivity contribution in [2.45, 2.75) is 38.1 Å². The molecule has 1 aliphatic rings. The molecule has 2 amide bonds. The number of halogens is 1. The van der Waals surface area contributed by atoms with Crippen LogP contribution in [0.15, 0.2) is 24.3 Å². The number of hydrogen-bond acceptors (Lipinski definition) is 3. The number of amides is 2. The van der Waals surface area contributed by atoms with E-state index < -0.39 is 0 Å². The molecule has 1 aromatic rings. The van der Waals surface area contributed by atoms with Gasteiger partial charge in [0.1, 0.15) is 5.82 Å². The van der Waals surface area contributed by atoms with Gasteiger partial charge in [0.2, 0.25) is 11.8 Å². The Morgan fingerprint density at radius 3 is 2.54 bits per heavy atom. The minimum atomic E-state index is -0.264. The number of hydrogen-bond donors (Lipinski definition) is 2. The summed E-state index contributed by atoms with van der Waals surface area (Å²) in [5, 5.41) is 5.65. The molecule has 2 N–H and O–H groups in total. The maximum atomic E-state index is 13.8. The zero-order valence-electron chi connectivity index (χ0n) is 14.3. The Morgan fingerprint density at radius 1 is 1.25 bits per heavy atom. The first kappa shape index (κ1) is 18.4. The lowest BCUT2D eigenvalue weighted by molar-refractivity contribution is -0.124. The van der Waals surface area contributed by atoms with Crippen molar-refractivity contribution >= 4 is 11.8 Å². The van der Waals surface area contributed by atoms with Crippen LogP contribution in [-0.4, -0.2) is 49.4 Å². The largest absolute Gasteiger partial charge is 0.358 e. The fourth-order valence-corrected chi connectivity index (χ4v) is 3.07. The van der Waals surface area contributed by atoms with Crippen LogP contribution in [0.25, 0.3) is 0 Å². The van der Waals surface area contributed by atoms with E-state index >= 15 is 0 Å². The maximum Gasteiger partial charge on any atom is 0.233 e. The van der Waals surface area contributed by atoms with Crippen LogP contribution in [0.4, 0.5) is 4.39 Å². The Morgan fingerprint density at radius 2 is 1.92 bits per heavy atom. The number of likely N-dealkylation sites (N-methyl/N-ethyl adjacent to an activating group) is 1. The smallest absolute Gasteiger partial charge is 0.233 e. The number of nitrogens with zero attached hydrogens (tertiary/aromatic N) is 1. The summed E-state index contributed by atoms with van der Waals surface area (Å²) in [6, 6.07) is 6.72. The van der Waals surface area contributed by atoms with E-state index in [0.717, 1.165) is 25.9 Å². The van der Waals surface area contributed by atoms with Crippen molar-refractivity contribution in [1.82, 2.24) is 15.5 Å². The van der Waals surface area contributed by atoms with Crippen molar-refractivity contribution in [3.63, 3.8) is 0 Å². The number of benzene rings is 1. The van der Waals surface area contributed by atoms with Crippen LogP contribution < -0.4 is 10.6 Å². The molecule has 1 aliphatic heterocycles. The van der Waals surface area contributed by atoms with Crippen LogP contribution in [0.3, 0.4) is 0 Å². The maximum absolute atomic E-state index is 13.8. The molecule has 24 heavy (non-hydrogen) atoms. The summed E-state index contributed by atoms with van der Waals surface area (Å²) < 4.78 is 13.8. The van der Waals surface area contributed by atoms with Crippen LogP contribution >= 0.6 is 0 Å². The van der Waals surface area contributed by atoms with E-state index in [1.54, 1.807) is 25.2 Å². The predicted octanol–water partition coefficient (Wildman–Crippen LogP) is 1.65. The Labute approximate surface area is 142 Å². The van der Waals surface area contributed by atoms with Gasteiger partial charge < -0.3 is 10.6 Å². The fraction of sp³-hybridized carbons (Fsp3) is 0.556. The SMILES string of the molecule is CNC(=O)CN1CCC(NC(=O)C[C@@H](C)c2ccccc2F)CC1. The Balaban J connectivity index is 1.75. The van der Waals surface area contributed by atoms with Gasteiger partial charge in [-0.15, -0.1) is 0 Å². The average molecular weight is 335 g/mol. The van der Waals surface area contributed by atoms with E-state index in [-0.39, 0.29) is 36.0 Å². The normalized spacial score (nSPS) is 17.3. The molecule has 0 radical (unpaired) electrons. The van der Waals surface area contributed by atoms with Gasteiger partial charge in [0.25, 0.3) is 0 Å². The number of rotatable bonds is 6. The van der Waals surface area contributed by atoms with Gasteiger partial charge >= 0.3 is 0 Å². The molecule has 0 saturated carbocycles. The van der Waals surface area contributed by atoms with Crippen LogP contribution in [0.5, 0.6) is 0 Å². The van der Waals surface area contributed by atoms with Crippen molar-refractivity contribution in [1.29, 1.82) is 0 Å². The fourth-order valence-electron chi connectivity index (χ4n) is 3.07. The molecular formula is C18H26FN3O2. The first-order chi connectivity index (χ1) is 11.5. The second-order valence-electron chi connectivity index (χ2n) is 6.42. The monoisotopic (exact) mass is 335 g/mol. The van der Waals surface area contributed by atoms with Crippen LogP contribution in [0.2, 0.25) is 0 Å². The summed E-state index contributed by atoms with van der Waals surface area (Å²) in [5.74, 6) is -0.452. The highest BCUT2D eigenvalue weighted by Crippen LogP contribution is 2.22. The van der Waals surface area contributed by atoms with E-state index in [1.807, 2.05) is 6.92 Å². The van der Waals surface area contributed by atoms with Crippen LogP contribution in [-0.2, 0) is 9.59 Å². The molecule has 0 spiro atoms. The van der Waals surface area contributed by atoms with Crippen LogP contribution in [0, 0.1) is 5.82 Å². The molecule has 1 heterocycles. The summed E-state index contributed by atoms with van der Waals surface area (Å²) in [7, 11) is 1.63. The molecule has 6 heteroatoms. The van der Waals surface area contributed by atoms with Gasteiger partial charge in [0, 0.05) is 32.6 Å². The molecule has 0 aromatic heterocycles. The summed E-state index contributed by atoms with van der Waals surface area (Å²) in [6.07, 6.45) is 1.94. The summed E-state index contributed by atoms with van der Waals surface area (Å²) >= 11 is 0. The Hall–Kier alpha value is -1.95. The molecule has 0 aliphatic carbocycles. The number of carbonyl (C=O) groups excluding carboxylic acids is 2. The molecule has 1 fully saturated rings. The summed E-state index contributed by atoms with van der Waals surface area (Å²) in [4.78, 5) is 25.7. The quantitative estimate of drug-likeness (QED) is 0.831. The molecular weight excluding hydrogens is 309 g/mol. The first-order valence-corrected chi connectivity index (χ1v) is 8.46. The molecule has 0 bridgehead atoms. The predicted molar refractivity (Wildman–Crippen MR) is 91.1 cm³/mol. The lowest BCUT2D eigenvalue weighted by Gasteiger charge is -2.32. The minimum absolute atomic E-state index is 0.0104. The number of piperidine rings is 1. The average Bonchev–Trinajstić information content (AvgIpc) is 2.56. The highest BCUT2D eigenvalue weighted by Gasteiger charge is 2.23. The van der Waals surface area contributed by atoms with E-state index in [2.05, 4.69) is 15.5 Å². The lowest BCUT2D eigenvalue weighted by Crippen LogP contribution is -2.47. The third kappa shape index (κ3) is 5.30. The molecule has 1 saturated heterocycles. The van der Waals surface area contributed by atoms with Gasteiger partial charge in [-0.1, -0.05) is 25.1 Å². The van der Waals surface area contributed by atoms with Gasteiger partial charge in [-0.3, -0.25) is 14.5 Å². The van der Waals surface area contributed by atoms with Gasteiger partial charge in [-0.05, 0) is 30.4 Å². The molecule has 0 unspecified atom stereocenters. The van der Waals surface area contributed by atoms with Gasteiger partial charge in [0.05, 0.1) is 6.54 Å². The summed E-state index contributed by atoms with van der Waals surface area (Å²) in [6.45, 7) is 3.86. The van der Waals surface area contributed by atoms with E-state index in [1.165, 1.54) is 6.07 Å². The highest BCUT2D eigenvalue weighted by molar-refractivity contribution is 5.78. The van der Waals surface area contributed by atoms with Crippen molar-refractivity contribution in [2.24, 2.45) is 0 Å². The number of likely N-dealkylation sites (tertiary alicyclic amines) is 1. The summed E-state index contributed by atoms with van der Waals surface area (Å²) in [5.41, 5.74) is 0.577. The van der Waals surface area contributed by atoms with Crippen molar-refractivity contribution < 1.29 is 14.0 Å². The molecule has 1 aromatic carbocycles. The molecule has 132 valence electrons. The van der Waals surface area contributed by atoms with Crippen molar-refractivity contribution in [3.8, 4) is 0 Å². The third-order valence-electron chi connectivity index (χ3n) is 4.53. The van der Waals surface area contributed by atoms with E-state index in [0.29, 0.717) is 12.1 Å². The van der Waals surface area contributed by atoms with Gasteiger partial charge in [-0.2, -0.15) is 0 Å². The van der Waals surface area contributed by atoms with Gasteiger partial charge in [-0.25, -0.2) is 4.39 Å². The molecule has 5 nitrogen and oxygen atoms in total. The second-order valence-corrected chi connectivity index (χ2v) is 6.42. The third-order valence-corrected chi connectivity index (χ3v) is 4.53. The zero-order chi connectivity index (χ0) is 17.5. The standard InChI is InChI=1S/C18H26FN3O2/c1-13(15-5-3-4-6-16(15)19)11-17(23)21-14-7-9-22(10-8-14)12-18(24)20-2/h3-6,13-14H,7-12H2,1-2H3,(H,20,24)(H,21,23)/t13-/m1/s1. The highest BCUT2D eigenvalue weighted by atomic mass is 19.1. The second kappa shape index (κ2) is 8.78. The molecule has 2 rings (SSSR count). The number of carbonyl (C=O) groups is 2. The lowest BCUT2D eigenvalue weighted by atomic mass is 9.96. The Bertz CT molecular complexity index is 571. The van der Waals surface area contributed by atoms with Gasteiger partial charge in [0.15, 0.2) is 0 Å².